The summed E-state index contributed by atoms with van der Waals surface area (Å²) in [4.78, 5) is 2.36. The quantitative estimate of drug-likeness (QED) is 0.134. The Kier molecular flexibility index (Phi) is 10.4. The third kappa shape index (κ3) is 7.93. The number of nitrogens with zero attached hydrogens (tertiary/aromatic N) is 1. The summed E-state index contributed by atoms with van der Waals surface area (Å²) >= 11 is 0. The molecule has 0 fully saturated rings. The molecule has 10 rings (SSSR count). The molecule has 1 nitrogen and oxygen atoms in total. The van der Waals surface area contributed by atoms with Gasteiger partial charge in [-0.05, 0) is 120 Å². The lowest BCUT2D eigenvalue weighted by atomic mass is 9.91. The SMILES string of the molecule is c1ccc(-c2ccc(-c3ccc(N(c4ccc(-c5ccccc5-c5ccccc5)cc4)c4ccc(-c5ccc(-c6ccccc6)cc5-c5ccccc5)cc4)cc3)cc2)cc1. The van der Waals surface area contributed by atoms with Crippen LogP contribution in [0.15, 0.2) is 261 Å². The molecule has 0 saturated carbocycles. The number of hydrogen-bond acceptors (Lipinski definition) is 1. The smallest absolute Gasteiger partial charge is 0.0462 e. The first-order valence-electron chi connectivity index (χ1n) is 20.9. The molecular formula is C60H43N. The molecule has 0 unspecified atom stereocenters. The van der Waals surface area contributed by atoms with Crippen molar-refractivity contribution < 1.29 is 0 Å². The summed E-state index contributed by atoms with van der Waals surface area (Å²) in [5.74, 6) is 0. The predicted molar refractivity (Wildman–Crippen MR) is 259 cm³/mol. The highest BCUT2D eigenvalue weighted by molar-refractivity contribution is 5.89. The number of anilines is 3. The van der Waals surface area contributed by atoms with Gasteiger partial charge in [-0.1, -0.05) is 218 Å². The van der Waals surface area contributed by atoms with Gasteiger partial charge in [-0.2, -0.15) is 0 Å². The van der Waals surface area contributed by atoms with Gasteiger partial charge in [-0.3, -0.25) is 0 Å². The second-order valence-electron chi connectivity index (χ2n) is 15.3. The van der Waals surface area contributed by atoms with Crippen LogP contribution in [0, 0.1) is 0 Å². The monoisotopic (exact) mass is 777 g/mol. The third-order valence-electron chi connectivity index (χ3n) is 11.5. The van der Waals surface area contributed by atoms with Crippen molar-refractivity contribution in [1.82, 2.24) is 0 Å². The molecule has 0 bridgehead atoms. The zero-order chi connectivity index (χ0) is 40.8. The summed E-state index contributed by atoms with van der Waals surface area (Å²) in [5.41, 5.74) is 20.1. The van der Waals surface area contributed by atoms with Crippen LogP contribution < -0.4 is 4.90 Å². The van der Waals surface area contributed by atoms with Crippen LogP contribution in [-0.4, -0.2) is 0 Å². The summed E-state index contributed by atoms with van der Waals surface area (Å²) in [7, 11) is 0. The molecule has 0 saturated heterocycles. The van der Waals surface area contributed by atoms with Gasteiger partial charge in [0, 0.05) is 17.1 Å². The Hall–Kier alpha value is -8.00. The molecule has 0 amide bonds. The third-order valence-corrected chi connectivity index (χ3v) is 11.5. The van der Waals surface area contributed by atoms with E-state index in [1.54, 1.807) is 0 Å². The molecule has 0 radical (unpaired) electrons. The van der Waals surface area contributed by atoms with E-state index in [-0.39, 0.29) is 0 Å². The molecule has 0 aliphatic rings. The van der Waals surface area contributed by atoms with Crippen LogP contribution in [0.5, 0.6) is 0 Å². The van der Waals surface area contributed by atoms with E-state index in [9.17, 15) is 0 Å². The molecule has 61 heavy (non-hydrogen) atoms. The summed E-state index contributed by atoms with van der Waals surface area (Å²) in [6, 6.07) is 93.9. The van der Waals surface area contributed by atoms with E-state index in [0.717, 1.165) is 17.1 Å². The van der Waals surface area contributed by atoms with Crippen LogP contribution in [0.25, 0.3) is 77.9 Å². The zero-order valence-corrected chi connectivity index (χ0v) is 33.8. The van der Waals surface area contributed by atoms with E-state index in [4.69, 9.17) is 0 Å². The Morgan fingerprint density at radius 1 is 0.164 bits per heavy atom. The summed E-state index contributed by atoms with van der Waals surface area (Å²) < 4.78 is 0. The maximum absolute atomic E-state index is 2.36. The van der Waals surface area contributed by atoms with Gasteiger partial charge in [0.15, 0.2) is 0 Å². The first-order chi connectivity index (χ1) is 30.2. The standard InChI is InChI=1S/C60H43N/c1-5-15-44(16-6-1)46-25-27-47(28-26-46)48-29-36-54(37-30-48)61(55-38-31-51(32-39-55)58-24-14-13-23-57(58)49-19-9-3-10-20-49)56-40-33-52(34-41-56)59-42-35-53(45-17-7-2-8-18-45)43-60(59)50-21-11-4-12-22-50/h1-43H. The summed E-state index contributed by atoms with van der Waals surface area (Å²) in [5, 5.41) is 0. The average Bonchev–Trinajstić information content (AvgIpc) is 3.36. The molecule has 0 atom stereocenters. The van der Waals surface area contributed by atoms with Crippen molar-refractivity contribution in [1.29, 1.82) is 0 Å². The first kappa shape index (κ1) is 37.3. The lowest BCUT2D eigenvalue weighted by Gasteiger charge is -2.26. The number of benzene rings is 10. The molecule has 0 N–H and O–H groups in total. The highest BCUT2D eigenvalue weighted by atomic mass is 15.1. The Morgan fingerprint density at radius 3 is 0.820 bits per heavy atom. The van der Waals surface area contributed by atoms with E-state index in [1.807, 2.05) is 0 Å². The lowest BCUT2D eigenvalue weighted by Crippen LogP contribution is -2.09. The first-order valence-corrected chi connectivity index (χ1v) is 20.9. The van der Waals surface area contributed by atoms with Crippen LogP contribution in [0.4, 0.5) is 17.1 Å². The van der Waals surface area contributed by atoms with E-state index in [1.165, 1.54) is 77.9 Å². The summed E-state index contributed by atoms with van der Waals surface area (Å²) in [6.45, 7) is 0. The zero-order valence-electron chi connectivity index (χ0n) is 33.8. The minimum atomic E-state index is 1.09. The van der Waals surface area contributed by atoms with E-state index >= 15 is 0 Å². The topological polar surface area (TPSA) is 3.24 Å². The molecule has 10 aromatic rings. The van der Waals surface area contributed by atoms with E-state index < -0.39 is 0 Å². The molecule has 0 spiro atoms. The predicted octanol–water partition coefficient (Wildman–Crippen LogP) is 16.8. The van der Waals surface area contributed by atoms with Gasteiger partial charge in [0.2, 0.25) is 0 Å². The van der Waals surface area contributed by atoms with Gasteiger partial charge in [0.05, 0.1) is 0 Å². The van der Waals surface area contributed by atoms with Crippen LogP contribution in [-0.2, 0) is 0 Å². The van der Waals surface area contributed by atoms with Crippen LogP contribution >= 0.6 is 0 Å². The fraction of sp³-hybridized carbons (Fsp3) is 0. The van der Waals surface area contributed by atoms with Crippen molar-refractivity contribution in [2.45, 2.75) is 0 Å². The van der Waals surface area contributed by atoms with Crippen molar-refractivity contribution in [2.24, 2.45) is 0 Å². The van der Waals surface area contributed by atoms with Crippen molar-refractivity contribution >= 4 is 17.1 Å². The van der Waals surface area contributed by atoms with Crippen molar-refractivity contribution in [3.05, 3.63) is 261 Å². The fourth-order valence-electron chi connectivity index (χ4n) is 8.38. The highest BCUT2D eigenvalue weighted by Gasteiger charge is 2.16. The normalized spacial score (nSPS) is 11.0. The molecule has 1 heteroatoms. The molecule has 0 aliphatic carbocycles. The highest BCUT2D eigenvalue weighted by Crippen LogP contribution is 2.41. The maximum atomic E-state index is 2.36. The van der Waals surface area contributed by atoms with Crippen LogP contribution in [0.3, 0.4) is 0 Å². The second-order valence-corrected chi connectivity index (χ2v) is 15.3. The molecule has 288 valence electrons. The Labute approximate surface area is 359 Å². The lowest BCUT2D eigenvalue weighted by molar-refractivity contribution is 1.28. The molecule has 0 aromatic heterocycles. The Balaban J connectivity index is 1.02. The van der Waals surface area contributed by atoms with Crippen molar-refractivity contribution in [3.8, 4) is 77.9 Å². The maximum Gasteiger partial charge on any atom is 0.0462 e. The Bertz CT molecular complexity index is 2990. The average molecular weight is 778 g/mol. The van der Waals surface area contributed by atoms with E-state index in [2.05, 4.69) is 266 Å². The number of rotatable bonds is 10. The van der Waals surface area contributed by atoms with Gasteiger partial charge in [0.1, 0.15) is 0 Å². The minimum absolute atomic E-state index is 1.09. The van der Waals surface area contributed by atoms with Gasteiger partial charge in [-0.25, -0.2) is 0 Å². The van der Waals surface area contributed by atoms with Crippen LogP contribution in [0.2, 0.25) is 0 Å². The van der Waals surface area contributed by atoms with Gasteiger partial charge < -0.3 is 4.90 Å². The fourth-order valence-corrected chi connectivity index (χ4v) is 8.38. The molecular weight excluding hydrogens is 735 g/mol. The largest absolute Gasteiger partial charge is 0.311 e. The van der Waals surface area contributed by atoms with Crippen LogP contribution in [0.1, 0.15) is 0 Å². The van der Waals surface area contributed by atoms with Crippen molar-refractivity contribution in [3.63, 3.8) is 0 Å². The minimum Gasteiger partial charge on any atom is -0.311 e. The number of hydrogen-bond donors (Lipinski definition) is 0. The second kappa shape index (κ2) is 17.1. The Morgan fingerprint density at radius 2 is 0.410 bits per heavy atom. The van der Waals surface area contributed by atoms with E-state index in [0.29, 0.717) is 0 Å². The van der Waals surface area contributed by atoms with Gasteiger partial charge in [0.25, 0.3) is 0 Å². The summed E-state index contributed by atoms with van der Waals surface area (Å²) in [6.07, 6.45) is 0. The molecule has 10 aromatic carbocycles. The van der Waals surface area contributed by atoms with Gasteiger partial charge >= 0.3 is 0 Å². The van der Waals surface area contributed by atoms with Gasteiger partial charge in [-0.15, -0.1) is 0 Å². The molecule has 0 heterocycles. The van der Waals surface area contributed by atoms with Crippen molar-refractivity contribution in [2.75, 3.05) is 4.90 Å². The molecule has 0 aliphatic heterocycles.